The van der Waals surface area contributed by atoms with Gasteiger partial charge in [0.2, 0.25) is 0 Å². The van der Waals surface area contributed by atoms with Gasteiger partial charge in [-0.2, -0.15) is 0 Å². The zero-order valence-corrected chi connectivity index (χ0v) is 26.8. The molecule has 4 unspecified atom stereocenters. The quantitative estimate of drug-likeness (QED) is 0.413. The molecule has 0 aromatic rings. The number of nitrogens with one attached hydrogen (secondary N) is 4. The molecule has 0 bridgehead atoms. The van der Waals surface area contributed by atoms with Gasteiger partial charge < -0.3 is 21.3 Å². The lowest BCUT2D eigenvalue weighted by atomic mass is 10.1. The fourth-order valence-electron chi connectivity index (χ4n) is 7.11. The van der Waals surface area contributed by atoms with E-state index in [2.05, 4.69) is 87.5 Å². The van der Waals surface area contributed by atoms with Gasteiger partial charge >= 0.3 is 0 Å². The van der Waals surface area contributed by atoms with Crippen molar-refractivity contribution in [2.24, 2.45) is 0 Å². The van der Waals surface area contributed by atoms with Crippen LogP contribution >= 0.6 is 0 Å². The van der Waals surface area contributed by atoms with Crippen LogP contribution in [-0.4, -0.2) is 90.8 Å². The molecule has 0 saturated carbocycles. The molecule has 181 valence electrons. The Hall–Kier alpha value is -0.720. The second-order valence-electron chi connectivity index (χ2n) is 13.2. The van der Waals surface area contributed by atoms with Crippen molar-refractivity contribution in [1.29, 1.82) is 0 Å². The molecule has 13 heteroatoms. The van der Waals surface area contributed by atoms with Crippen LogP contribution in [-0.2, 0) is 0 Å². The van der Waals surface area contributed by atoms with Crippen LogP contribution in [0.3, 0.4) is 0 Å². The average molecular weight is 538 g/mol. The van der Waals surface area contributed by atoms with Crippen molar-refractivity contribution in [2.45, 2.75) is 84.3 Å². The number of hydrogen-bond acceptors (Lipinski definition) is 4. The molecule has 4 fully saturated rings. The van der Waals surface area contributed by atoms with Crippen molar-refractivity contribution in [3.05, 3.63) is 0 Å². The molecule has 4 amide bonds. The monoisotopic (exact) mass is 537 g/mol. The molecular weight excluding hydrogens is 500 g/mol. The van der Waals surface area contributed by atoms with E-state index in [0.29, 0.717) is 13.1 Å². The Morgan fingerprint density at radius 2 is 0.879 bits per heavy atom. The van der Waals surface area contributed by atoms with E-state index in [1.54, 1.807) is 0 Å². The van der Waals surface area contributed by atoms with Gasteiger partial charge in [-0.3, -0.25) is 19.2 Å². The van der Waals surface area contributed by atoms with E-state index in [4.69, 9.17) is 0 Å². The van der Waals surface area contributed by atoms with Crippen LogP contribution < -0.4 is 21.3 Å². The third-order valence-electron chi connectivity index (χ3n) is 11.0. The van der Waals surface area contributed by atoms with Crippen molar-refractivity contribution in [2.75, 3.05) is 13.1 Å². The largest absolute Gasteiger partial charge is 0.371 e. The average Bonchev–Trinajstić information content (AvgIpc) is 3.05. The third-order valence-corrected chi connectivity index (χ3v) is 36.8. The maximum absolute atomic E-state index is 13.1. The lowest BCUT2D eigenvalue weighted by Crippen LogP contribution is -2.99. The van der Waals surface area contributed by atoms with Crippen LogP contribution in [0.15, 0.2) is 0 Å². The van der Waals surface area contributed by atoms with Crippen LogP contribution in [0.5, 0.6) is 0 Å². The highest BCUT2D eigenvalue weighted by Gasteiger charge is 2.83. The van der Waals surface area contributed by atoms with Crippen molar-refractivity contribution in [3.63, 3.8) is 0 Å². The van der Waals surface area contributed by atoms with E-state index >= 15 is 0 Å². The molecule has 0 spiro atoms. The smallest absolute Gasteiger partial charge is 0.279 e. The van der Waals surface area contributed by atoms with E-state index in [9.17, 15) is 19.2 Å². The fraction of sp³-hybridized carbons (Fsp3) is 0.800. The number of amides is 4. The standard InChI is InChI=1S/2C10H19N2O2Si2.Al/c2*1-10(6-11-8(13)16(10,4)5)7-12-9(14)15(7,2)3;/h2*6H2,1-5H3,(H,11,13)(H,12,14);. The molecule has 4 N–H and O–H groups in total. The maximum atomic E-state index is 13.1. The predicted molar refractivity (Wildman–Crippen MR) is 142 cm³/mol. The van der Waals surface area contributed by atoms with E-state index < -0.39 is 55.6 Å². The Morgan fingerprint density at radius 1 is 0.576 bits per heavy atom. The lowest BCUT2D eigenvalue weighted by Gasteiger charge is -2.72. The predicted octanol–water partition coefficient (Wildman–Crippen LogP) is 2.74. The molecule has 4 aliphatic rings. The molecule has 4 atom stereocenters. The molecule has 4 aliphatic heterocycles. The van der Waals surface area contributed by atoms with Crippen molar-refractivity contribution in [1.82, 2.24) is 21.3 Å². The van der Waals surface area contributed by atoms with Gasteiger partial charge in [0.1, 0.15) is 0 Å². The van der Waals surface area contributed by atoms with Crippen LogP contribution in [0.2, 0.25) is 62.5 Å². The number of carbonyl (C=O) groups excluding carboxylic acids is 4. The molecule has 1 radical (unpaired) electrons. The molecule has 0 aromatic carbocycles. The summed E-state index contributed by atoms with van der Waals surface area (Å²) in [5.74, 6) is 0. The van der Waals surface area contributed by atoms with Gasteiger partial charge in [0.05, 0.1) is 0 Å². The van der Waals surface area contributed by atoms with Gasteiger partial charge in [-0.15, -0.1) is 0 Å². The van der Waals surface area contributed by atoms with Crippen molar-refractivity contribution < 1.29 is 19.2 Å². The number of carbonyl (C=O) groups is 4. The van der Waals surface area contributed by atoms with Crippen molar-refractivity contribution in [3.8, 4) is 0 Å². The lowest BCUT2D eigenvalue weighted by molar-refractivity contribution is 0.235. The Kier molecular flexibility index (Phi) is 5.02. The molecule has 0 aromatic heterocycles. The Labute approximate surface area is 206 Å². The number of rotatable bonds is 4. The molecule has 33 heavy (non-hydrogen) atoms. The van der Waals surface area contributed by atoms with Crippen molar-refractivity contribution >= 4 is 69.6 Å². The topological polar surface area (TPSA) is 116 Å². The summed E-state index contributed by atoms with van der Waals surface area (Å²) >= 11 is -0.513. The molecule has 4 rings (SSSR count). The maximum Gasteiger partial charge on any atom is 0.279 e. The summed E-state index contributed by atoms with van der Waals surface area (Å²) in [7, 11) is -9.93. The van der Waals surface area contributed by atoms with Crippen LogP contribution in [0.25, 0.3) is 0 Å². The first-order chi connectivity index (χ1) is 14.7. The summed E-state index contributed by atoms with van der Waals surface area (Å²) in [5.41, 5.74) is 0.582. The second-order valence-corrected chi connectivity index (χ2v) is 35.0. The first-order valence-corrected chi connectivity index (χ1v) is 25.0. The molecule has 4 saturated heterocycles. The Bertz CT molecular complexity index is 942. The Morgan fingerprint density at radius 3 is 1.06 bits per heavy atom. The minimum absolute atomic E-state index is 0.142. The van der Waals surface area contributed by atoms with E-state index in [1.807, 2.05) is 0 Å². The van der Waals surface area contributed by atoms with Gasteiger partial charge in [-0.1, -0.05) is 66.2 Å². The number of hydrogen-bond donors (Lipinski definition) is 4. The van der Waals surface area contributed by atoms with Gasteiger partial charge in [0, 0.05) is 13.1 Å². The van der Waals surface area contributed by atoms with Crippen LogP contribution in [0, 0.1) is 0 Å². The Balaban J connectivity index is 1.95. The zero-order valence-electron chi connectivity index (χ0n) is 21.6. The summed E-state index contributed by atoms with van der Waals surface area (Å²) < 4.78 is -0.911. The molecular formula is C20H38AlN4O4Si4. The van der Waals surface area contributed by atoms with E-state index in [-0.39, 0.29) is 32.2 Å². The normalized spacial score (nSPS) is 44.1. The van der Waals surface area contributed by atoms with E-state index in [1.165, 1.54) is 0 Å². The van der Waals surface area contributed by atoms with Gasteiger partial charge in [-0.05, 0) is 18.1 Å². The van der Waals surface area contributed by atoms with Gasteiger partial charge in [-0.25, -0.2) is 0 Å². The van der Waals surface area contributed by atoms with Crippen LogP contribution in [0.4, 0.5) is 19.2 Å². The van der Waals surface area contributed by atoms with Crippen LogP contribution in [0.1, 0.15) is 13.8 Å². The first-order valence-electron chi connectivity index (χ1n) is 11.8. The van der Waals surface area contributed by atoms with E-state index in [0.717, 1.165) is 0 Å². The summed E-state index contributed by atoms with van der Waals surface area (Å²) in [6, 6.07) is 0. The fourth-order valence-corrected chi connectivity index (χ4v) is 31.4. The minimum Gasteiger partial charge on any atom is -0.371 e. The van der Waals surface area contributed by atoms with Gasteiger partial charge in [0.25, 0.3) is 15.2 Å². The molecule has 0 aliphatic carbocycles. The SMILES string of the molecule is CC1([C]2([Al][C]3(C4(C)CNC(=O)[Si]4(C)C)NC(=O)[Si]3(C)C)NC(=O)[Si]2(C)C)CNC(=O)[Si]1(C)C. The first kappa shape index (κ1) is 25.4. The third kappa shape index (κ3) is 2.42. The summed E-state index contributed by atoms with van der Waals surface area (Å²) in [6.45, 7) is 22.6. The minimum atomic E-state index is -2.50. The second kappa shape index (κ2) is 6.53. The summed E-state index contributed by atoms with van der Waals surface area (Å²) in [5, 5.41) is 12.5. The summed E-state index contributed by atoms with van der Waals surface area (Å²) in [4.78, 5) is 52.3. The zero-order chi connectivity index (χ0) is 25.3. The highest BCUT2D eigenvalue weighted by molar-refractivity contribution is 7.23. The summed E-state index contributed by atoms with van der Waals surface area (Å²) in [6.07, 6.45) is 0. The molecule has 4 heterocycles. The highest BCUT2D eigenvalue weighted by Crippen LogP contribution is 2.63. The van der Waals surface area contributed by atoms with Gasteiger partial charge in [0.15, 0.2) is 54.4 Å². The highest BCUT2D eigenvalue weighted by atomic mass is 28.3. The molecule has 8 nitrogen and oxygen atoms in total.